The van der Waals surface area contributed by atoms with Gasteiger partial charge in [-0.25, -0.2) is 4.39 Å². The fraction of sp³-hybridized carbons (Fsp3) is 0.250. The van der Waals surface area contributed by atoms with Crippen LogP contribution in [0.15, 0.2) is 30.3 Å². The first-order chi connectivity index (χ1) is 9.49. The maximum Gasteiger partial charge on any atom is 0.138 e. The summed E-state index contributed by atoms with van der Waals surface area (Å²) >= 11 is 5.85. The number of halogens is 2. The van der Waals surface area contributed by atoms with Gasteiger partial charge in [0.2, 0.25) is 0 Å². The molecule has 0 aliphatic carbocycles. The summed E-state index contributed by atoms with van der Waals surface area (Å²) in [6.45, 7) is 4.62. The van der Waals surface area contributed by atoms with E-state index in [0.29, 0.717) is 29.2 Å². The van der Waals surface area contributed by atoms with Crippen molar-refractivity contribution in [3.63, 3.8) is 0 Å². The van der Waals surface area contributed by atoms with E-state index in [1.807, 2.05) is 18.2 Å². The Hall–Kier alpha value is -1.58. The van der Waals surface area contributed by atoms with Gasteiger partial charge in [-0.05, 0) is 36.6 Å². The molecule has 0 amide bonds. The predicted octanol–water partition coefficient (Wildman–Crippen LogP) is 4.09. The molecule has 2 N–H and O–H groups in total. The molecule has 106 valence electrons. The van der Waals surface area contributed by atoms with Crippen molar-refractivity contribution >= 4 is 11.6 Å². The van der Waals surface area contributed by atoms with Crippen molar-refractivity contribution in [1.29, 1.82) is 0 Å². The Kier molecular flexibility index (Phi) is 4.63. The molecule has 0 aliphatic heterocycles. The van der Waals surface area contributed by atoms with Crippen LogP contribution in [0.1, 0.15) is 22.3 Å². The van der Waals surface area contributed by atoms with E-state index in [-0.39, 0.29) is 11.6 Å². The molecule has 20 heavy (non-hydrogen) atoms. The van der Waals surface area contributed by atoms with Gasteiger partial charge in [0.1, 0.15) is 11.6 Å². The van der Waals surface area contributed by atoms with Crippen molar-refractivity contribution in [2.45, 2.75) is 26.9 Å². The van der Waals surface area contributed by atoms with Crippen LogP contribution in [-0.2, 0) is 13.1 Å². The number of phenols is 1. The van der Waals surface area contributed by atoms with Crippen LogP contribution in [0.25, 0.3) is 0 Å². The number of benzene rings is 2. The zero-order valence-electron chi connectivity index (χ0n) is 11.5. The number of aromatic hydroxyl groups is 1. The molecular weight excluding hydrogens is 277 g/mol. The number of hydrogen-bond acceptors (Lipinski definition) is 2. The van der Waals surface area contributed by atoms with Crippen molar-refractivity contribution in [2.24, 2.45) is 0 Å². The summed E-state index contributed by atoms with van der Waals surface area (Å²) in [5.41, 5.74) is 3.05. The average Bonchev–Trinajstić information content (AvgIpc) is 2.41. The summed E-state index contributed by atoms with van der Waals surface area (Å²) in [7, 11) is 0. The van der Waals surface area contributed by atoms with Crippen molar-refractivity contribution in [1.82, 2.24) is 5.32 Å². The maximum absolute atomic E-state index is 13.5. The lowest BCUT2D eigenvalue weighted by Crippen LogP contribution is -2.13. The van der Waals surface area contributed by atoms with Gasteiger partial charge in [0, 0.05) is 18.7 Å². The Bertz CT molecular complexity index is 605. The molecule has 0 radical (unpaired) electrons. The minimum Gasteiger partial charge on any atom is -0.506 e. The summed E-state index contributed by atoms with van der Waals surface area (Å²) in [5, 5.41) is 13.4. The van der Waals surface area contributed by atoms with Gasteiger partial charge in [-0.15, -0.1) is 0 Å². The van der Waals surface area contributed by atoms with Crippen LogP contribution < -0.4 is 5.32 Å². The topological polar surface area (TPSA) is 32.3 Å². The van der Waals surface area contributed by atoms with Crippen LogP contribution >= 0.6 is 11.6 Å². The Morgan fingerprint density at radius 1 is 1.15 bits per heavy atom. The maximum atomic E-state index is 13.5. The standard InChI is InChI=1S/C16H17ClFNO/c1-10-6-12(7-11(2)15(10)18)8-19-9-13-4-3-5-14(17)16(13)20/h3-7,19-20H,8-9H2,1-2H3. The Morgan fingerprint density at radius 3 is 2.45 bits per heavy atom. The van der Waals surface area contributed by atoms with Crippen molar-refractivity contribution < 1.29 is 9.50 Å². The predicted molar refractivity (Wildman–Crippen MR) is 79.5 cm³/mol. The lowest BCUT2D eigenvalue weighted by Gasteiger charge is -2.10. The number of hydrogen-bond donors (Lipinski definition) is 2. The fourth-order valence-electron chi connectivity index (χ4n) is 2.18. The fourth-order valence-corrected chi connectivity index (χ4v) is 2.38. The van der Waals surface area contributed by atoms with Gasteiger partial charge >= 0.3 is 0 Å². The zero-order valence-corrected chi connectivity index (χ0v) is 12.3. The summed E-state index contributed by atoms with van der Waals surface area (Å²) in [6.07, 6.45) is 0. The van der Waals surface area contributed by atoms with Crippen molar-refractivity contribution in [3.05, 3.63) is 63.4 Å². The Balaban J connectivity index is 2.01. The molecule has 2 aromatic rings. The van der Waals surface area contributed by atoms with E-state index in [4.69, 9.17) is 11.6 Å². The minimum atomic E-state index is -0.152. The highest BCUT2D eigenvalue weighted by atomic mass is 35.5. The SMILES string of the molecule is Cc1cc(CNCc2cccc(Cl)c2O)cc(C)c1F. The highest BCUT2D eigenvalue weighted by Gasteiger charge is 2.06. The van der Waals surface area contributed by atoms with Crippen molar-refractivity contribution in [3.8, 4) is 5.75 Å². The van der Waals surface area contributed by atoms with Gasteiger partial charge in [0.25, 0.3) is 0 Å². The van der Waals surface area contributed by atoms with Crippen LogP contribution in [0.4, 0.5) is 4.39 Å². The summed E-state index contributed by atoms with van der Waals surface area (Å²) in [5.74, 6) is -0.0469. The zero-order chi connectivity index (χ0) is 14.7. The van der Waals surface area contributed by atoms with Crippen LogP contribution in [0.3, 0.4) is 0 Å². The van der Waals surface area contributed by atoms with Gasteiger partial charge < -0.3 is 10.4 Å². The number of aryl methyl sites for hydroxylation is 2. The first-order valence-corrected chi connectivity index (χ1v) is 6.79. The van der Waals surface area contributed by atoms with Gasteiger partial charge in [-0.1, -0.05) is 35.9 Å². The molecule has 0 aromatic heterocycles. The average molecular weight is 294 g/mol. The molecular formula is C16H17ClFNO. The number of phenolic OH excluding ortho intramolecular Hbond substituents is 1. The Morgan fingerprint density at radius 2 is 1.80 bits per heavy atom. The molecule has 2 rings (SSSR count). The molecule has 0 spiro atoms. The normalized spacial score (nSPS) is 10.8. The third-order valence-corrected chi connectivity index (χ3v) is 3.52. The summed E-state index contributed by atoms with van der Waals surface area (Å²) in [4.78, 5) is 0. The van der Waals surface area contributed by atoms with Gasteiger partial charge in [0.15, 0.2) is 0 Å². The molecule has 0 atom stereocenters. The monoisotopic (exact) mass is 293 g/mol. The highest BCUT2D eigenvalue weighted by molar-refractivity contribution is 6.32. The molecule has 2 aromatic carbocycles. The smallest absolute Gasteiger partial charge is 0.138 e. The lowest BCUT2D eigenvalue weighted by atomic mass is 10.1. The molecule has 0 saturated carbocycles. The van der Waals surface area contributed by atoms with E-state index in [1.54, 1.807) is 26.0 Å². The van der Waals surface area contributed by atoms with E-state index < -0.39 is 0 Å². The molecule has 0 bridgehead atoms. The Labute approximate surface area is 123 Å². The quantitative estimate of drug-likeness (QED) is 0.890. The van der Waals surface area contributed by atoms with Gasteiger partial charge in [-0.2, -0.15) is 0 Å². The largest absolute Gasteiger partial charge is 0.506 e. The summed E-state index contributed by atoms with van der Waals surface area (Å²) in [6, 6.07) is 8.91. The van der Waals surface area contributed by atoms with Crippen molar-refractivity contribution in [2.75, 3.05) is 0 Å². The van der Waals surface area contributed by atoms with Gasteiger partial charge in [0.05, 0.1) is 5.02 Å². The minimum absolute atomic E-state index is 0.105. The third kappa shape index (κ3) is 3.30. The van der Waals surface area contributed by atoms with E-state index in [0.717, 1.165) is 11.1 Å². The second-order valence-electron chi connectivity index (χ2n) is 4.89. The van der Waals surface area contributed by atoms with E-state index in [2.05, 4.69) is 5.32 Å². The summed E-state index contributed by atoms with van der Waals surface area (Å²) < 4.78 is 13.5. The van der Waals surface area contributed by atoms with E-state index in [1.165, 1.54) is 0 Å². The molecule has 0 fully saturated rings. The van der Waals surface area contributed by atoms with E-state index in [9.17, 15) is 9.50 Å². The van der Waals surface area contributed by atoms with Crippen LogP contribution in [-0.4, -0.2) is 5.11 Å². The molecule has 0 heterocycles. The van der Waals surface area contributed by atoms with Gasteiger partial charge in [-0.3, -0.25) is 0 Å². The molecule has 4 heteroatoms. The first-order valence-electron chi connectivity index (χ1n) is 6.41. The molecule has 0 unspecified atom stereocenters. The van der Waals surface area contributed by atoms with Crippen LogP contribution in [0, 0.1) is 19.7 Å². The third-order valence-electron chi connectivity index (χ3n) is 3.21. The molecule has 0 aliphatic rings. The first kappa shape index (κ1) is 14.8. The number of nitrogens with one attached hydrogen (secondary N) is 1. The second kappa shape index (κ2) is 6.25. The van der Waals surface area contributed by atoms with Crippen LogP contribution in [0.5, 0.6) is 5.75 Å². The lowest BCUT2D eigenvalue weighted by molar-refractivity contribution is 0.464. The molecule has 2 nitrogen and oxygen atoms in total. The molecule has 0 saturated heterocycles. The second-order valence-corrected chi connectivity index (χ2v) is 5.30. The number of rotatable bonds is 4. The van der Waals surface area contributed by atoms with E-state index >= 15 is 0 Å². The van der Waals surface area contributed by atoms with Crippen LogP contribution in [0.2, 0.25) is 5.02 Å². The highest BCUT2D eigenvalue weighted by Crippen LogP contribution is 2.26. The number of para-hydroxylation sites is 1.